The van der Waals surface area contributed by atoms with Crippen LogP contribution >= 0.6 is 0 Å². The average Bonchev–Trinajstić information content (AvgIpc) is 3.73. The molecule has 228 valence electrons. The van der Waals surface area contributed by atoms with Crippen LogP contribution in [0.1, 0.15) is 29.7 Å². The summed E-state index contributed by atoms with van der Waals surface area (Å²) < 4.78 is 13.4. The first-order chi connectivity index (χ1) is 22.0. The number of likely N-dealkylation sites (tertiary alicyclic amines) is 1. The third-order valence-corrected chi connectivity index (χ3v) is 8.91. The molecule has 2 aliphatic heterocycles. The van der Waals surface area contributed by atoms with E-state index in [4.69, 9.17) is 0 Å². The summed E-state index contributed by atoms with van der Waals surface area (Å²) in [7, 11) is 0. The highest BCUT2D eigenvalue weighted by Crippen LogP contribution is 2.29. The van der Waals surface area contributed by atoms with Gasteiger partial charge in [0.15, 0.2) is 5.82 Å². The van der Waals surface area contributed by atoms with E-state index in [1.165, 1.54) is 17.7 Å². The van der Waals surface area contributed by atoms with E-state index in [0.717, 1.165) is 53.0 Å². The molecule has 2 unspecified atom stereocenters. The number of H-pyrrole nitrogens is 1. The zero-order valence-corrected chi connectivity index (χ0v) is 24.8. The van der Waals surface area contributed by atoms with Gasteiger partial charge in [-0.05, 0) is 66.9 Å². The SMILES string of the molecule is O=C(NC1C=Cc2[nH]nc(-c3ccc(F)cc3)c2C1)C1CCN(CC(=O)N2CC=C(c3ccc(-c4ncccn4)cc3)CC2)C1. The molecule has 2 amide bonds. The number of hydrogen-bond acceptors (Lipinski definition) is 6. The van der Waals surface area contributed by atoms with Gasteiger partial charge in [-0.25, -0.2) is 14.4 Å². The Labute approximate surface area is 260 Å². The van der Waals surface area contributed by atoms with Crippen molar-refractivity contribution in [2.45, 2.75) is 25.3 Å². The first-order valence-corrected chi connectivity index (χ1v) is 15.4. The number of rotatable bonds is 7. The van der Waals surface area contributed by atoms with E-state index in [9.17, 15) is 14.0 Å². The summed E-state index contributed by atoms with van der Waals surface area (Å²) >= 11 is 0. The number of benzene rings is 2. The summed E-state index contributed by atoms with van der Waals surface area (Å²) in [5.41, 5.74) is 6.88. The molecule has 0 saturated carbocycles. The summed E-state index contributed by atoms with van der Waals surface area (Å²) in [4.78, 5) is 39.0. The number of hydrogen-bond donors (Lipinski definition) is 2. The molecule has 2 aromatic carbocycles. The van der Waals surface area contributed by atoms with Gasteiger partial charge in [0.05, 0.1) is 29.9 Å². The van der Waals surface area contributed by atoms with Gasteiger partial charge in [-0.1, -0.05) is 36.4 Å². The second-order valence-electron chi connectivity index (χ2n) is 11.8. The Hall–Kier alpha value is -4.96. The molecule has 1 saturated heterocycles. The molecule has 4 heterocycles. The molecule has 45 heavy (non-hydrogen) atoms. The number of nitrogens with one attached hydrogen (secondary N) is 2. The number of aromatic amines is 1. The smallest absolute Gasteiger partial charge is 0.237 e. The Kier molecular flexibility index (Phi) is 8.04. The molecule has 4 aromatic rings. The van der Waals surface area contributed by atoms with E-state index in [-0.39, 0.29) is 29.6 Å². The van der Waals surface area contributed by atoms with E-state index in [0.29, 0.717) is 38.4 Å². The molecule has 0 spiro atoms. The summed E-state index contributed by atoms with van der Waals surface area (Å²) in [6.45, 7) is 2.87. The fourth-order valence-corrected chi connectivity index (χ4v) is 6.39. The summed E-state index contributed by atoms with van der Waals surface area (Å²) in [5, 5.41) is 10.7. The molecule has 2 atom stereocenters. The van der Waals surface area contributed by atoms with Gasteiger partial charge in [0, 0.05) is 55.1 Å². The maximum absolute atomic E-state index is 13.4. The van der Waals surface area contributed by atoms with Crippen LogP contribution in [0.2, 0.25) is 0 Å². The Morgan fingerprint density at radius 1 is 0.978 bits per heavy atom. The Bertz CT molecular complexity index is 1750. The summed E-state index contributed by atoms with van der Waals surface area (Å²) in [5.74, 6) is 0.352. The molecule has 10 heteroatoms. The van der Waals surface area contributed by atoms with Gasteiger partial charge in [-0.3, -0.25) is 19.6 Å². The Balaban J connectivity index is 0.891. The molecule has 1 fully saturated rings. The second-order valence-corrected chi connectivity index (χ2v) is 11.8. The van der Waals surface area contributed by atoms with E-state index < -0.39 is 0 Å². The number of carbonyl (C=O) groups excluding carboxylic acids is 2. The van der Waals surface area contributed by atoms with Crippen LogP contribution in [-0.4, -0.2) is 80.5 Å². The minimum absolute atomic E-state index is 0.00488. The van der Waals surface area contributed by atoms with Gasteiger partial charge in [-0.15, -0.1) is 0 Å². The van der Waals surface area contributed by atoms with Crippen LogP contribution in [0, 0.1) is 11.7 Å². The molecule has 2 N–H and O–H groups in total. The van der Waals surface area contributed by atoms with Crippen molar-refractivity contribution in [1.29, 1.82) is 0 Å². The maximum Gasteiger partial charge on any atom is 0.237 e. The van der Waals surface area contributed by atoms with Gasteiger partial charge >= 0.3 is 0 Å². The van der Waals surface area contributed by atoms with Crippen LogP contribution in [0.3, 0.4) is 0 Å². The van der Waals surface area contributed by atoms with Crippen molar-refractivity contribution in [2.24, 2.45) is 5.92 Å². The highest BCUT2D eigenvalue weighted by Gasteiger charge is 2.32. The number of aromatic nitrogens is 4. The van der Waals surface area contributed by atoms with Crippen molar-refractivity contribution in [3.05, 3.63) is 102 Å². The Morgan fingerprint density at radius 3 is 2.49 bits per heavy atom. The van der Waals surface area contributed by atoms with Gasteiger partial charge in [0.1, 0.15) is 5.82 Å². The first kappa shape index (κ1) is 28.8. The minimum atomic E-state index is -0.292. The van der Waals surface area contributed by atoms with E-state index in [1.807, 2.05) is 29.2 Å². The molecular weight excluding hydrogens is 569 g/mol. The topological polar surface area (TPSA) is 107 Å². The van der Waals surface area contributed by atoms with Crippen LogP contribution in [0.25, 0.3) is 34.3 Å². The molecule has 9 nitrogen and oxygen atoms in total. The van der Waals surface area contributed by atoms with E-state index >= 15 is 0 Å². The van der Waals surface area contributed by atoms with Crippen LogP contribution in [0.4, 0.5) is 4.39 Å². The molecule has 1 aliphatic carbocycles. The highest BCUT2D eigenvalue weighted by molar-refractivity contribution is 5.82. The number of halogens is 1. The van der Waals surface area contributed by atoms with Crippen molar-refractivity contribution in [1.82, 2.24) is 35.3 Å². The van der Waals surface area contributed by atoms with Gasteiger partial charge in [0.2, 0.25) is 11.8 Å². The van der Waals surface area contributed by atoms with Gasteiger partial charge in [-0.2, -0.15) is 5.10 Å². The number of nitrogens with zero attached hydrogens (tertiary/aromatic N) is 5. The molecule has 3 aliphatic rings. The normalized spacial score (nSPS) is 19.7. The lowest BCUT2D eigenvalue weighted by Gasteiger charge is -2.28. The van der Waals surface area contributed by atoms with Crippen molar-refractivity contribution in [3.63, 3.8) is 0 Å². The first-order valence-electron chi connectivity index (χ1n) is 15.4. The zero-order valence-electron chi connectivity index (χ0n) is 24.8. The predicted molar refractivity (Wildman–Crippen MR) is 170 cm³/mol. The summed E-state index contributed by atoms with van der Waals surface area (Å²) in [6, 6.07) is 16.2. The zero-order chi connectivity index (χ0) is 30.8. The second kappa shape index (κ2) is 12.6. The number of carbonyl (C=O) groups is 2. The lowest BCUT2D eigenvalue weighted by molar-refractivity contribution is -0.132. The summed E-state index contributed by atoms with van der Waals surface area (Å²) in [6.07, 6.45) is 11.7. The van der Waals surface area contributed by atoms with Gasteiger partial charge in [0.25, 0.3) is 0 Å². The molecular formula is C35H34FN7O2. The minimum Gasteiger partial charge on any atom is -0.349 e. The van der Waals surface area contributed by atoms with Crippen LogP contribution in [0.15, 0.2) is 79.1 Å². The van der Waals surface area contributed by atoms with Crippen LogP contribution < -0.4 is 5.32 Å². The third kappa shape index (κ3) is 6.32. The van der Waals surface area contributed by atoms with Gasteiger partial charge < -0.3 is 10.2 Å². The third-order valence-electron chi connectivity index (χ3n) is 8.91. The Morgan fingerprint density at radius 2 is 1.73 bits per heavy atom. The van der Waals surface area contributed by atoms with Crippen molar-refractivity contribution in [2.75, 3.05) is 32.7 Å². The predicted octanol–water partition coefficient (Wildman–Crippen LogP) is 4.36. The fourth-order valence-electron chi connectivity index (χ4n) is 6.39. The highest BCUT2D eigenvalue weighted by atomic mass is 19.1. The lowest BCUT2D eigenvalue weighted by Crippen LogP contribution is -2.43. The molecule has 2 aromatic heterocycles. The van der Waals surface area contributed by atoms with Crippen LogP contribution in [0.5, 0.6) is 0 Å². The molecule has 0 radical (unpaired) electrons. The van der Waals surface area contributed by atoms with Crippen LogP contribution in [-0.2, 0) is 16.0 Å². The quantitative estimate of drug-likeness (QED) is 0.325. The van der Waals surface area contributed by atoms with Crippen molar-refractivity contribution >= 4 is 23.5 Å². The monoisotopic (exact) mass is 603 g/mol. The van der Waals surface area contributed by atoms with E-state index in [2.05, 4.69) is 48.6 Å². The lowest BCUT2D eigenvalue weighted by atomic mass is 9.94. The fraction of sp³-hybridized carbons (Fsp3) is 0.286. The van der Waals surface area contributed by atoms with Crippen molar-refractivity contribution in [3.8, 4) is 22.6 Å². The van der Waals surface area contributed by atoms with Crippen molar-refractivity contribution < 1.29 is 14.0 Å². The number of amides is 2. The number of fused-ring (bicyclic) bond motifs is 1. The standard InChI is InChI=1S/C35H34FN7O2/c36-28-8-6-25(7-9-28)33-30-20-29(10-11-31(30)40-41-33)39-35(45)27-12-17-42(21-27)22-32(44)43-18-13-24(14-19-43)23-2-4-26(5-3-23)34-37-15-1-16-38-34/h1-11,13,15-16,27,29H,12,14,17-22H2,(H,39,45)(H,40,41). The maximum atomic E-state index is 13.4. The average molecular weight is 604 g/mol. The van der Waals surface area contributed by atoms with E-state index in [1.54, 1.807) is 30.6 Å². The molecule has 0 bridgehead atoms. The molecule has 7 rings (SSSR count). The largest absolute Gasteiger partial charge is 0.349 e.